The molecule has 0 atom stereocenters. The van der Waals surface area contributed by atoms with E-state index in [0.29, 0.717) is 0 Å². The molecule has 0 aliphatic rings. The van der Waals surface area contributed by atoms with E-state index in [9.17, 15) is 4.79 Å². The van der Waals surface area contributed by atoms with Crippen molar-refractivity contribution in [2.75, 3.05) is 7.11 Å². The Hall–Kier alpha value is -1.64. The van der Waals surface area contributed by atoms with Gasteiger partial charge in [0.15, 0.2) is 0 Å². The van der Waals surface area contributed by atoms with Gasteiger partial charge in [-0.3, -0.25) is 0 Å². The van der Waals surface area contributed by atoms with Crippen LogP contribution >= 0.6 is 0 Å². The van der Waals surface area contributed by atoms with Gasteiger partial charge in [0.05, 0.1) is 12.8 Å². The van der Waals surface area contributed by atoms with Crippen molar-refractivity contribution in [3.8, 4) is 0 Å². The normalized spacial score (nSPS) is 10.1. The van der Waals surface area contributed by atoms with Crippen molar-refractivity contribution in [1.82, 2.24) is 0 Å². The molecule has 1 aromatic rings. The van der Waals surface area contributed by atoms with E-state index in [1.165, 1.54) is 7.11 Å². The van der Waals surface area contributed by atoms with Gasteiger partial charge in [0.2, 0.25) is 0 Å². The van der Waals surface area contributed by atoms with E-state index >= 15 is 0 Å². The summed E-state index contributed by atoms with van der Waals surface area (Å²) in [6, 6.07) is 9.20. The van der Waals surface area contributed by atoms with E-state index in [2.05, 4.69) is 9.73 Å². The predicted octanol–water partition coefficient (Wildman–Crippen LogP) is 1.56. The first kappa shape index (κ1) is 8.46. The van der Waals surface area contributed by atoms with Gasteiger partial charge in [-0.25, -0.2) is 9.79 Å². The molecule has 12 heavy (non-hydrogen) atoms. The number of carbonyl (C=O) groups is 1. The Kier molecular flexibility index (Phi) is 3.02. The number of rotatable bonds is 2. The Morgan fingerprint density at radius 1 is 1.42 bits per heavy atom. The average molecular weight is 163 g/mol. The third-order valence-corrected chi connectivity index (χ3v) is 1.28. The highest BCUT2D eigenvalue weighted by Crippen LogP contribution is 2.07. The highest BCUT2D eigenvalue weighted by atomic mass is 16.5. The van der Waals surface area contributed by atoms with Crippen LogP contribution in [-0.2, 0) is 9.53 Å². The summed E-state index contributed by atoms with van der Waals surface area (Å²) in [7, 11) is 1.32. The van der Waals surface area contributed by atoms with Crippen LogP contribution in [0.3, 0.4) is 0 Å². The first-order valence-corrected chi connectivity index (χ1v) is 3.50. The number of methoxy groups -OCH3 is 1. The van der Waals surface area contributed by atoms with E-state index in [0.717, 1.165) is 11.9 Å². The molecule has 0 unspecified atom stereocenters. The molecule has 0 heterocycles. The van der Waals surface area contributed by atoms with Crippen molar-refractivity contribution >= 4 is 17.9 Å². The summed E-state index contributed by atoms with van der Waals surface area (Å²) in [5, 5.41) is 0. The Morgan fingerprint density at radius 3 is 2.67 bits per heavy atom. The molecule has 0 aliphatic carbocycles. The molecule has 0 amide bonds. The Labute approximate surface area is 70.7 Å². The molecule has 3 heteroatoms. The molecule has 3 nitrogen and oxygen atoms in total. The standard InChI is InChI=1S/C9H9NO2/c1-12-9(11)7-10-8-5-3-2-4-6-8/h2-7H,1H3. The zero-order valence-electron chi connectivity index (χ0n) is 6.73. The maximum absolute atomic E-state index is 10.6. The largest absolute Gasteiger partial charge is 0.465 e. The molecular formula is C9H9NO2. The predicted molar refractivity (Wildman–Crippen MR) is 46.6 cm³/mol. The van der Waals surface area contributed by atoms with Gasteiger partial charge in [-0.2, -0.15) is 0 Å². The fourth-order valence-electron chi connectivity index (χ4n) is 0.694. The number of aliphatic imine (C=N–C) groups is 1. The number of esters is 1. The Balaban J connectivity index is 2.64. The minimum absolute atomic E-state index is 0.446. The first-order chi connectivity index (χ1) is 5.83. The number of ether oxygens (including phenoxy) is 1. The summed E-state index contributed by atoms with van der Waals surface area (Å²) in [5.74, 6) is -0.446. The summed E-state index contributed by atoms with van der Waals surface area (Å²) < 4.78 is 4.38. The van der Waals surface area contributed by atoms with Gasteiger partial charge in [0.25, 0.3) is 0 Å². The number of para-hydroxylation sites is 1. The van der Waals surface area contributed by atoms with E-state index in [-0.39, 0.29) is 0 Å². The van der Waals surface area contributed by atoms with Crippen LogP contribution < -0.4 is 0 Å². The van der Waals surface area contributed by atoms with Crippen LogP contribution in [-0.4, -0.2) is 19.3 Å². The molecule has 62 valence electrons. The highest BCUT2D eigenvalue weighted by molar-refractivity contribution is 6.23. The van der Waals surface area contributed by atoms with Crippen molar-refractivity contribution in [3.63, 3.8) is 0 Å². The molecule has 0 bridgehead atoms. The van der Waals surface area contributed by atoms with Crippen molar-refractivity contribution in [2.45, 2.75) is 0 Å². The van der Waals surface area contributed by atoms with Crippen LogP contribution in [0.1, 0.15) is 0 Å². The van der Waals surface area contributed by atoms with Gasteiger partial charge < -0.3 is 4.74 Å². The van der Waals surface area contributed by atoms with Crippen LogP contribution in [0.4, 0.5) is 5.69 Å². The number of benzene rings is 1. The molecule has 1 rings (SSSR count). The van der Waals surface area contributed by atoms with Crippen LogP contribution in [0.25, 0.3) is 0 Å². The van der Waals surface area contributed by atoms with E-state index < -0.39 is 5.97 Å². The molecule has 0 saturated carbocycles. The lowest BCUT2D eigenvalue weighted by atomic mass is 10.3. The molecule has 0 aliphatic heterocycles. The number of nitrogens with zero attached hydrogens (tertiary/aromatic N) is 1. The zero-order chi connectivity index (χ0) is 8.81. The molecule has 0 aromatic heterocycles. The second-order valence-electron chi connectivity index (χ2n) is 2.12. The Morgan fingerprint density at radius 2 is 2.08 bits per heavy atom. The van der Waals surface area contributed by atoms with Gasteiger partial charge in [-0.05, 0) is 12.1 Å². The number of hydrogen-bond acceptors (Lipinski definition) is 3. The number of carbonyl (C=O) groups excluding carboxylic acids is 1. The quantitative estimate of drug-likeness (QED) is 0.490. The van der Waals surface area contributed by atoms with Crippen molar-refractivity contribution < 1.29 is 9.53 Å². The van der Waals surface area contributed by atoms with Crippen molar-refractivity contribution in [1.29, 1.82) is 0 Å². The second kappa shape index (κ2) is 4.28. The fraction of sp³-hybridized carbons (Fsp3) is 0.111. The minimum atomic E-state index is -0.446. The maximum atomic E-state index is 10.6. The molecule has 0 radical (unpaired) electrons. The van der Waals surface area contributed by atoms with Crippen LogP contribution in [0.15, 0.2) is 35.3 Å². The topological polar surface area (TPSA) is 38.7 Å². The zero-order valence-corrected chi connectivity index (χ0v) is 6.73. The van der Waals surface area contributed by atoms with E-state index in [4.69, 9.17) is 0 Å². The third kappa shape index (κ3) is 2.54. The van der Waals surface area contributed by atoms with Crippen molar-refractivity contribution in [3.05, 3.63) is 30.3 Å². The summed E-state index contributed by atoms with van der Waals surface area (Å²) in [4.78, 5) is 14.5. The lowest BCUT2D eigenvalue weighted by Gasteiger charge is -1.90. The van der Waals surface area contributed by atoms with Crippen molar-refractivity contribution in [2.24, 2.45) is 4.99 Å². The highest BCUT2D eigenvalue weighted by Gasteiger charge is 1.91. The lowest BCUT2D eigenvalue weighted by Crippen LogP contribution is -1.99. The molecular weight excluding hydrogens is 154 g/mol. The van der Waals surface area contributed by atoms with Crippen LogP contribution in [0, 0.1) is 0 Å². The van der Waals surface area contributed by atoms with Gasteiger partial charge >= 0.3 is 5.97 Å². The summed E-state index contributed by atoms with van der Waals surface area (Å²) in [6.07, 6.45) is 1.15. The SMILES string of the molecule is COC(=O)C=Nc1ccccc1. The van der Waals surface area contributed by atoms with Gasteiger partial charge in [0.1, 0.15) is 6.21 Å². The summed E-state index contributed by atoms with van der Waals surface area (Å²) in [6.45, 7) is 0. The van der Waals surface area contributed by atoms with E-state index in [1.807, 2.05) is 18.2 Å². The van der Waals surface area contributed by atoms with E-state index in [1.54, 1.807) is 12.1 Å². The molecule has 0 N–H and O–H groups in total. The molecule has 0 spiro atoms. The minimum Gasteiger partial charge on any atom is -0.465 e. The van der Waals surface area contributed by atoms with Gasteiger partial charge in [-0.1, -0.05) is 18.2 Å². The average Bonchev–Trinajstić information content (AvgIpc) is 2.16. The maximum Gasteiger partial charge on any atom is 0.349 e. The second-order valence-corrected chi connectivity index (χ2v) is 2.12. The smallest absolute Gasteiger partial charge is 0.349 e. The summed E-state index contributed by atoms with van der Waals surface area (Å²) in [5.41, 5.74) is 0.739. The first-order valence-electron chi connectivity index (χ1n) is 3.50. The van der Waals surface area contributed by atoms with Crippen LogP contribution in [0.2, 0.25) is 0 Å². The lowest BCUT2D eigenvalue weighted by molar-refractivity contribution is -0.132. The Bertz CT molecular complexity index is 280. The van der Waals surface area contributed by atoms with Crippen LogP contribution in [0.5, 0.6) is 0 Å². The molecule has 0 fully saturated rings. The number of hydrogen-bond donors (Lipinski definition) is 0. The fourth-order valence-corrected chi connectivity index (χ4v) is 0.694. The summed E-state index contributed by atoms with van der Waals surface area (Å²) >= 11 is 0. The monoisotopic (exact) mass is 163 g/mol. The molecule has 0 saturated heterocycles. The van der Waals surface area contributed by atoms with Gasteiger partial charge in [-0.15, -0.1) is 0 Å². The molecule has 1 aromatic carbocycles. The third-order valence-electron chi connectivity index (χ3n) is 1.28. The van der Waals surface area contributed by atoms with Gasteiger partial charge in [0, 0.05) is 0 Å².